The average molecular weight is 322 g/mol. The average Bonchev–Trinajstić information content (AvgIpc) is 2.49. The first-order valence-corrected chi connectivity index (χ1v) is 6.58. The number of pyridine rings is 1. The number of carbonyl (C=O) groups excluding carboxylic acids is 1. The lowest BCUT2D eigenvalue weighted by Crippen LogP contribution is -2.12. The zero-order valence-electron chi connectivity index (χ0n) is 10.6. The maximum absolute atomic E-state index is 12.1. The Bertz CT molecular complexity index is 696. The van der Waals surface area contributed by atoms with Crippen LogP contribution in [0.1, 0.15) is 10.4 Å². The van der Waals surface area contributed by atoms with Gasteiger partial charge in [0, 0.05) is 11.9 Å². The van der Waals surface area contributed by atoms with E-state index in [1.165, 1.54) is 12.3 Å². The highest BCUT2D eigenvalue weighted by Gasteiger charge is 2.12. The van der Waals surface area contributed by atoms with E-state index in [-0.39, 0.29) is 22.3 Å². The summed E-state index contributed by atoms with van der Waals surface area (Å²) in [6.45, 7) is -0.0309. The maximum Gasteiger partial charge on any atom is 0.257 e. The van der Waals surface area contributed by atoms with Crippen LogP contribution in [0.5, 0.6) is 5.75 Å². The Morgan fingerprint density at radius 3 is 2.71 bits per heavy atom. The fraction of sp³-hybridized carbons (Fsp3) is 0.0714. The van der Waals surface area contributed by atoms with Gasteiger partial charge in [-0.1, -0.05) is 23.2 Å². The number of halogens is 2. The maximum atomic E-state index is 12.1. The van der Waals surface area contributed by atoms with Gasteiger partial charge in [0.05, 0.1) is 10.6 Å². The molecule has 0 saturated heterocycles. The van der Waals surface area contributed by atoms with Crippen LogP contribution in [0.2, 0.25) is 10.2 Å². The molecule has 0 saturated carbocycles. The van der Waals surface area contributed by atoms with Crippen molar-refractivity contribution in [3.8, 4) is 11.8 Å². The fourth-order valence-electron chi connectivity index (χ4n) is 1.54. The Kier molecular flexibility index (Phi) is 4.99. The van der Waals surface area contributed by atoms with Crippen molar-refractivity contribution in [2.24, 2.45) is 0 Å². The summed E-state index contributed by atoms with van der Waals surface area (Å²) in [4.78, 5) is 15.9. The van der Waals surface area contributed by atoms with Crippen LogP contribution in [0.4, 0.5) is 5.69 Å². The number of carbonyl (C=O) groups is 1. The molecule has 0 aliphatic carbocycles. The molecule has 0 atom stereocenters. The molecule has 0 fully saturated rings. The number of benzene rings is 1. The van der Waals surface area contributed by atoms with Crippen molar-refractivity contribution in [2.45, 2.75) is 0 Å². The highest BCUT2D eigenvalue weighted by molar-refractivity contribution is 6.35. The molecule has 2 rings (SSSR count). The molecule has 0 bridgehead atoms. The number of nitrogens with zero attached hydrogens (tertiary/aromatic N) is 2. The van der Waals surface area contributed by atoms with Crippen LogP contribution in [0, 0.1) is 11.3 Å². The van der Waals surface area contributed by atoms with Crippen molar-refractivity contribution >= 4 is 34.8 Å². The van der Waals surface area contributed by atoms with Crippen molar-refractivity contribution in [1.82, 2.24) is 4.98 Å². The van der Waals surface area contributed by atoms with Crippen molar-refractivity contribution in [3.05, 3.63) is 52.3 Å². The van der Waals surface area contributed by atoms with Crippen LogP contribution in [-0.2, 0) is 0 Å². The Morgan fingerprint density at radius 2 is 2.05 bits per heavy atom. The monoisotopic (exact) mass is 321 g/mol. The molecular formula is C14H9Cl2N3O2. The highest BCUT2D eigenvalue weighted by Crippen LogP contribution is 2.21. The first-order chi connectivity index (χ1) is 10.1. The van der Waals surface area contributed by atoms with Gasteiger partial charge in [-0.15, -0.1) is 0 Å². The number of hydrogen-bond donors (Lipinski definition) is 1. The van der Waals surface area contributed by atoms with Crippen molar-refractivity contribution in [2.75, 3.05) is 11.9 Å². The number of amides is 1. The summed E-state index contributed by atoms with van der Waals surface area (Å²) in [6, 6.07) is 9.87. The van der Waals surface area contributed by atoms with E-state index in [1.54, 1.807) is 24.3 Å². The van der Waals surface area contributed by atoms with Gasteiger partial charge in [-0.25, -0.2) is 4.98 Å². The third kappa shape index (κ3) is 4.09. The molecule has 1 N–H and O–H groups in total. The Hall–Kier alpha value is -2.29. The molecule has 0 spiro atoms. The Labute approximate surface area is 131 Å². The Morgan fingerprint density at radius 1 is 1.33 bits per heavy atom. The van der Waals surface area contributed by atoms with Gasteiger partial charge in [0.15, 0.2) is 6.61 Å². The van der Waals surface area contributed by atoms with Gasteiger partial charge in [-0.3, -0.25) is 4.79 Å². The molecule has 0 unspecified atom stereocenters. The molecule has 2 aromatic rings. The number of aromatic nitrogens is 1. The predicted octanol–water partition coefficient (Wildman–Crippen LogP) is 3.54. The minimum absolute atomic E-state index is 0.0309. The van der Waals surface area contributed by atoms with Crippen LogP contribution in [0.3, 0.4) is 0 Å². The van der Waals surface area contributed by atoms with E-state index >= 15 is 0 Å². The number of ether oxygens (including phenoxy) is 1. The van der Waals surface area contributed by atoms with Crippen molar-refractivity contribution in [1.29, 1.82) is 5.26 Å². The third-order valence-corrected chi connectivity index (χ3v) is 2.99. The summed E-state index contributed by atoms with van der Waals surface area (Å²) in [5.74, 6) is 0.148. The summed E-state index contributed by atoms with van der Waals surface area (Å²) >= 11 is 11.6. The van der Waals surface area contributed by atoms with Crippen LogP contribution in [-0.4, -0.2) is 17.5 Å². The highest BCUT2D eigenvalue weighted by atomic mass is 35.5. The molecule has 0 aliphatic rings. The zero-order valence-corrected chi connectivity index (χ0v) is 12.1. The van der Waals surface area contributed by atoms with Gasteiger partial charge >= 0.3 is 0 Å². The molecule has 1 aromatic carbocycles. The molecule has 0 aliphatic heterocycles. The largest absolute Gasteiger partial charge is 0.479 e. The minimum atomic E-state index is -0.394. The quantitative estimate of drug-likeness (QED) is 0.874. The van der Waals surface area contributed by atoms with Crippen LogP contribution >= 0.6 is 23.2 Å². The minimum Gasteiger partial charge on any atom is -0.479 e. The van der Waals surface area contributed by atoms with E-state index in [9.17, 15) is 4.79 Å². The third-order valence-electron chi connectivity index (χ3n) is 2.48. The normalized spacial score (nSPS) is 9.76. The zero-order chi connectivity index (χ0) is 15.2. The lowest BCUT2D eigenvalue weighted by molar-refractivity contribution is 0.102. The number of rotatable bonds is 4. The Balaban J connectivity index is 2.09. The molecule has 1 heterocycles. The second kappa shape index (κ2) is 6.93. The molecule has 5 nitrogen and oxygen atoms in total. The van der Waals surface area contributed by atoms with E-state index in [0.717, 1.165) is 0 Å². The van der Waals surface area contributed by atoms with E-state index in [1.807, 2.05) is 6.07 Å². The van der Waals surface area contributed by atoms with Crippen LogP contribution in [0.15, 0.2) is 36.5 Å². The fourth-order valence-corrected chi connectivity index (χ4v) is 1.88. The number of hydrogen-bond acceptors (Lipinski definition) is 4. The number of nitriles is 1. The lowest BCUT2D eigenvalue weighted by atomic mass is 10.2. The predicted molar refractivity (Wildman–Crippen MR) is 79.8 cm³/mol. The van der Waals surface area contributed by atoms with Crippen LogP contribution < -0.4 is 10.1 Å². The van der Waals surface area contributed by atoms with Crippen LogP contribution in [0.25, 0.3) is 0 Å². The summed E-state index contributed by atoms with van der Waals surface area (Å²) in [5, 5.41) is 11.5. The second-order valence-corrected chi connectivity index (χ2v) is 4.71. The molecule has 1 amide bonds. The first-order valence-electron chi connectivity index (χ1n) is 5.82. The van der Waals surface area contributed by atoms with Gasteiger partial charge in [0.1, 0.15) is 17.0 Å². The van der Waals surface area contributed by atoms with E-state index in [2.05, 4.69) is 10.3 Å². The number of anilines is 1. The summed E-state index contributed by atoms with van der Waals surface area (Å²) in [5.41, 5.74) is 0.801. The second-order valence-electron chi connectivity index (χ2n) is 3.91. The SMILES string of the molecule is N#CCOc1ccc(NC(=O)c2cc(Cl)ncc2Cl)cc1. The van der Waals surface area contributed by atoms with Gasteiger partial charge in [-0.05, 0) is 30.3 Å². The van der Waals surface area contributed by atoms with Crippen molar-refractivity contribution in [3.63, 3.8) is 0 Å². The molecular weight excluding hydrogens is 313 g/mol. The van der Waals surface area contributed by atoms with E-state index < -0.39 is 5.91 Å². The summed E-state index contributed by atoms with van der Waals surface area (Å²) in [7, 11) is 0. The smallest absolute Gasteiger partial charge is 0.257 e. The van der Waals surface area contributed by atoms with E-state index in [4.69, 9.17) is 33.2 Å². The standard InChI is InChI=1S/C14H9Cl2N3O2/c15-12-8-18-13(16)7-11(12)14(20)19-9-1-3-10(4-2-9)21-6-5-17/h1-4,7-8H,6H2,(H,19,20). The molecule has 1 aromatic heterocycles. The summed E-state index contributed by atoms with van der Waals surface area (Å²) < 4.78 is 5.11. The van der Waals surface area contributed by atoms with Gasteiger partial charge < -0.3 is 10.1 Å². The first kappa shape index (κ1) is 15.1. The number of nitrogens with one attached hydrogen (secondary N) is 1. The molecule has 106 valence electrons. The summed E-state index contributed by atoms with van der Waals surface area (Å²) in [6.07, 6.45) is 1.32. The van der Waals surface area contributed by atoms with E-state index in [0.29, 0.717) is 11.4 Å². The molecule has 0 radical (unpaired) electrons. The molecule has 21 heavy (non-hydrogen) atoms. The topological polar surface area (TPSA) is 75.0 Å². The lowest BCUT2D eigenvalue weighted by Gasteiger charge is -2.08. The van der Waals surface area contributed by atoms with Gasteiger partial charge in [0.25, 0.3) is 5.91 Å². The van der Waals surface area contributed by atoms with Crippen molar-refractivity contribution < 1.29 is 9.53 Å². The van der Waals surface area contributed by atoms with Gasteiger partial charge in [0.2, 0.25) is 0 Å². The van der Waals surface area contributed by atoms with Gasteiger partial charge in [-0.2, -0.15) is 5.26 Å². The molecule has 7 heteroatoms.